The first kappa shape index (κ1) is 11.7. The standard InChI is InChI=1S/C13H22N2O/c1-9-6-12(16-13(9)7-14)8-15(3)10(2)11-4-5-11/h6,10-11H,4-5,7-8,14H2,1-3H3. The van der Waals surface area contributed by atoms with Gasteiger partial charge in [-0.25, -0.2) is 0 Å². The van der Waals surface area contributed by atoms with Crippen LogP contribution < -0.4 is 5.73 Å². The summed E-state index contributed by atoms with van der Waals surface area (Å²) >= 11 is 0. The van der Waals surface area contributed by atoms with Crippen LogP contribution in [0.4, 0.5) is 0 Å². The third-order valence-corrected chi connectivity index (χ3v) is 3.66. The molecule has 1 heterocycles. The highest BCUT2D eigenvalue weighted by Crippen LogP contribution is 2.35. The third-order valence-electron chi connectivity index (χ3n) is 3.66. The Kier molecular flexibility index (Phi) is 3.36. The molecule has 1 aliphatic rings. The lowest BCUT2D eigenvalue weighted by Crippen LogP contribution is -2.30. The van der Waals surface area contributed by atoms with Crippen molar-refractivity contribution in [2.75, 3.05) is 7.05 Å². The summed E-state index contributed by atoms with van der Waals surface area (Å²) in [6.07, 6.45) is 2.77. The number of nitrogens with zero attached hydrogens (tertiary/aromatic N) is 1. The summed E-state index contributed by atoms with van der Waals surface area (Å²) in [5.41, 5.74) is 6.78. The van der Waals surface area contributed by atoms with Gasteiger partial charge in [-0.05, 0) is 51.3 Å². The van der Waals surface area contributed by atoms with Crippen LogP contribution in [0.15, 0.2) is 10.5 Å². The molecule has 2 rings (SSSR count). The molecule has 3 heteroatoms. The molecule has 0 amide bonds. The molecule has 0 saturated heterocycles. The van der Waals surface area contributed by atoms with Gasteiger partial charge in [-0.1, -0.05) is 0 Å². The summed E-state index contributed by atoms with van der Waals surface area (Å²) < 4.78 is 5.72. The van der Waals surface area contributed by atoms with Gasteiger partial charge in [-0.15, -0.1) is 0 Å². The maximum absolute atomic E-state index is 5.72. The van der Waals surface area contributed by atoms with Gasteiger partial charge in [-0.3, -0.25) is 4.90 Å². The Balaban J connectivity index is 1.96. The van der Waals surface area contributed by atoms with Gasteiger partial charge in [0.25, 0.3) is 0 Å². The van der Waals surface area contributed by atoms with E-state index < -0.39 is 0 Å². The van der Waals surface area contributed by atoms with Crippen molar-refractivity contribution in [1.29, 1.82) is 0 Å². The van der Waals surface area contributed by atoms with E-state index in [-0.39, 0.29) is 0 Å². The number of rotatable bonds is 5. The zero-order chi connectivity index (χ0) is 11.7. The van der Waals surface area contributed by atoms with Gasteiger partial charge in [0, 0.05) is 6.04 Å². The minimum Gasteiger partial charge on any atom is -0.463 e. The zero-order valence-corrected chi connectivity index (χ0v) is 10.5. The molecule has 1 saturated carbocycles. The molecular weight excluding hydrogens is 200 g/mol. The second-order valence-corrected chi connectivity index (χ2v) is 5.02. The van der Waals surface area contributed by atoms with Crippen LogP contribution in [-0.2, 0) is 13.1 Å². The van der Waals surface area contributed by atoms with Crippen LogP contribution in [0.5, 0.6) is 0 Å². The summed E-state index contributed by atoms with van der Waals surface area (Å²) in [5, 5.41) is 0. The first-order valence-corrected chi connectivity index (χ1v) is 6.10. The quantitative estimate of drug-likeness (QED) is 0.831. The summed E-state index contributed by atoms with van der Waals surface area (Å²) in [6, 6.07) is 2.77. The van der Waals surface area contributed by atoms with E-state index in [1.54, 1.807) is 0 Å². The molecule has 1 aromatic rings. The van der Waals surface area contributed by atoms with Crippen molar-refractivity contribution >= 4 is 0 Å². The molecule has 0 aliphatic heterocycles. The molecule has 90 valence electrons. The second-order valence-electron chi connectivity index (χ2n) is 5.02. The SMILES string of the molecule is Cc1cc(CN(C)C(C)C2CC2)oc1CN. The molecule has 0 spiro atoms. The Morgan fingerprint density at radius 1 is 1.56 bits per heavy atom. The van der Waals surface area contributed by atoms with Gasteiger partial charge in [0.05, 0.1) is 13.1 Å². The van der Waals surface area contributed by atoms with Crippen LogP contribution in [0.3, 0.4) is 0 Å². The Morgan fingerprint density at radius 3 is 2.75 bits per heavy atom. The van der Waals surface area contributed by atoms with E-state index in [0.29, 0.717) is 12.6 Å². The fraction of sp³-hybridized carbons (Fsp3) is 0.692. The molecular formula is C13H22N2O. The summed E-state index contributed by atoms with van der Waals surface area (Å²) in [6.45, 7) is 5.74. The molecule has 0 radical (unpaired) electrons. The van der Waals surface area contributed by atoms with Gasteiger partial charge in [0.1, 0.15) is 11.5 Å². The Morgan fingerprint density at radius 2 is 2.25 bits per heavy atom. The van der Waals surface area contributed by atoms with Crippen molar-refractivity contribution in [2.45, 2.75) is 45.8 Å². The largest absolute Gasteiger partial charge is 0.463 e. The van der Waals surface area contributed by atoms with E-state index >= 15 is 0 Å². The topological polar surface area (TPSA) is 42.4 Å². The van der Waals surface area contributed by atoms with E-state index in [2.05, 4.69) is 31.9 Å². The highest BCUT2D eigenvalue weighted by Gasteiger charge is 2.30. The smallest absolute Gasteiger partial charge is 0.120 e. The zero-order valence-electron chi connectivity index (χ0n) is 10.5. The van der Waals surface area contributed by atoms with Crippen molar-refractivity contribution in [1.82, 2.24) is 4.90 Å². The number of hydrogen-bond donors (Lipinski definition) is 1. The average Bonchev–Trinajstić information content (AvgIpc) is 3.03. The number of furan rings is 1. The molecule has 1 atom stereocenters. The lowest BCUT2D eigenvalue weighted by atomic mass is 10.2. The predicted molar refractivity (Wildman–Crippen MR) is 65.0 cm³/mol. The minimum absolute atomic E-state index is 0.494. The van der Waals surface area contributed by atoms with Crippen LogP contribution in [-0.4, -0.2) is 18.0 Å². The number of aryl methyl sites for hydroxylation is 1. The number of hydrogen-bond acceptors (Lipinski definition) is 3. The molecule has 3 nitrogen and oxygen atoms in total. The van der Waals surface area contributed by atoms with Crippen LogP contribution in [0.2, 0.25) is 0 Å². The van der Waals surface area contributed by atoms with Crippen molar-refractivity contribution in [3.8, 4) is 0 Å². The van der Waals surface area contributed by atoms with Gasteiger partial charge in [0.15, 0.2) is 0 Å². The normalized spacial score (nSPS) is 18.1. The molecule has 16 heavy (non-hydrogen) atoms. The first-order chi connectivity index (χ1) is 7.61. The van der Waals surface area contributed by atoms with Gasteiger partial charge >= 0.3 is 0 Å². The van der Waals surface area contributed by atoms with E-state index in [1.807, 2.05) is 0 Å². The lowest BCUT2D eigenvalue weighted by Gasteiger charge is -2.23. The van der Waals surface area contributed by atoms with Crippen molar-refractivity contribution in [3.05, 3.63) is 23.2 Å². The van der Waals surface area contributed by atoms with E-state index in [4.69, 9.17) is 10.2 Å². The monoisotopic (exact) mass is 222 g/mol. The Labute approximate surface area is 97.6 Å². The molecule has 0 aromatic carbocycles. The van der Waals surface area contributed by atoms with Crippen molar-refractivity contribution in [2.24, 2.45) is 11.7 Å². The maximum Gasteiger partial charge on any atom is 0.120 e. The maximum atomic E-state index is 5.72. The van der Waals surface area contributed by atoms with Crippen LogP contribution in [0, 0.1) is 12.8 Å². The predicted octanol–water partition coefficient (Wildman–Crippen LogP) is 2.28. The molecule has 1 aliphatic carbocycles. The second kappa shape index (κ2) is 4.60. The van der Waals surface area contributed by atoms with Crippen molar-refractivity contribution < 1.29 is 4.42 Å². The Bertz CT molecular complexity index is 355. The lowest BCUT2D eigenvalue weighted by molar-refractivity contribution is 0.208. The molecule has 1 fully saturated rings. The van der Waals surface area contributed by atoms with Crippen LogP contribution in [0.25, 0.3) is 0 Å². The van der Waals surface area contributed by atoms with Gasteiger partial charge in [0.2, 0.25) is 0 Å². The van der Waals surface area contributed by atoms with Gasteiger partial charge < -0.3 is 10.2 Å². The molecule has 1 unspecified atom stereocenters. The third kappa shape index (κ3) is 2.47. The van der Waals surface area contributed by atoms with Crippen LogP contribution >= 0.6 is 0 Å². The van der Waals surface area contributed by atoms with E-state index in [1.165, 1.54) is 18.4 Å². The van der Waals surface area contributed by atoms with Crippen LogP contribution in [0.1, 0.15) is 36.8 Å². The molecule has 0 bridgehead atoms. The van der Waals surface area contributed by atoms with Gasteiger partial charge in [-0.2, -0.15) is 0 Å². The highest BCUT2D eigenvalue weighted by atomic mass is 16.3. The van der Waals surface area contributed by atoms with E-state index in [9.17, 15) is 0 Å². The summed E-state index contributed by atoms with van der Waals surface area (Å²) in [4.78, 5) is 2.37. The number of nitrogens with two attached hydrogens (primary N) is 1. The first-order valence-electron chi connectivity index (χ1n) is 6.10. The Hall–Kier alpha value is -0.800. The molecule has 1 aromatic heterocycles. The minimum atomic E-state index is 0.494. The van der Waals surface area contributed by atoms with Crippen molar-refractivity contribution in [3.63, 3.8) is 0 Å². The highest BCUT2D eigenvalue weighted by molar-refractivity contribution is 5.19. The fourth-order valence-corrected chi connectivity index (χ4v) is 2.20. The van der Waals surface area contributed by atoms with E-state index in [0.717, 1.165) is 24.0 Å². The fourth-order valence-electron chi connectivity index (χ4n) is 2.20. The summed E-state index contributed by atoms with van der Waals surface area (Å²) in [7, 11) is 2.17. The average molecular weight is 222 g/mol. The molecule has 2 N–H and O–H groups in total. The summed E-state index contributed by atoms with van der Waals surface area (Å²) in [5.74, 6) is 2.85.